The van der Waals surface area contributed by atoms with Crippen molar-refractivity contribution >= 4 is 29.3 Å². The number of hydrogen-bond donors (Lipinski definition) is 1. The third-order valence-corrected chi connectivity index (χ3v) is 6.04. The van der Waals surface area contributed by atoms with Gasteiger partial charge in [-0.25, -0.2) is 8.78 Å². The predicted molar refractivity (Wildman–Crippen MR) is 115 cm³/mol. The number of amides is 2. The molecule has 0 aliphatic carbocycles. The molecule has 8 heteroatoms. The fraction of sp³-hybridized carbons (Fsp3) is 0.364. The van der Waals surface area contributed by atoms with Crippen LogP contribution in [0.15, 0.2) is 47.4 Å². The molecule has 1 aliphatic heterocycles. The Morgan fingerprint density at radius 1 is 1.07 bits per heavy atom. The van der Waals surface area contributed by atoms with Gasteiger partial charge in [0.15, 0.2) is 0 Å². The van der Waals surface area contributed by atoms with Crippen LogP contribution in [0.5, 0.6) is 0 Å². The highest BCUT2D eigenvalue weighted by molar-refractivity contribution is 8.00. The number of carbonyl (C=O) groups excluding carboxylic acids is 2. The number of piperazine rings is 1. The number of nitrogens with one attached hydrogen (secondary N) is 1. The smallest absolute Gasteiger partial charge is 0.238 e. The van der Waals surface area contributed by atoms with Crippen LogP contribution < -0.4 is 5.32 Å². The van der Waals surface area contributed by atoms with Crippen LogP contribution in [-0.2, 0) is 16.0 Å². The van der Waals surface area contributed by atoms with E-state index in [1.165, 1.54) is 12.1 Å². The molecule has 1 saturated heterocycles. The first-order chi connectivity index (χ1) is 14.5. The van der Waals surface area contributed by atoms with E-state index in [9.17, 15) is 18.4 Å². The first-order valence-electron chi connectivity index (χ1n) is 9.92. The van der Waals surface area contributed by atoms with Crippen molar-refractivity contribution in [1.29, 1.82) is 0 Å². The lowest BCUT2D eigenvalue weighted by Crippen LogP contribution is -2.50. The zero-order valence-corrected chi connectivity index (χ0v) is 17.7. The quantitative estimate of drug-likeness (QED) is 0.680. The van der Waals surface area contributed by atoms with E-state index in [1.54, 1.807) is 4.90 Å². The molecule has 0 saturated carbocycles. The Labute approximate surface area is 179 Å². The van der Waals surface area contributed by atoms with Gasteiger partial charge in [-0.1, -0.05) is 25.1 Å². The summed E-state index contributed by atoms with van der Waals surface area (Å²) in [6.45, 7) is 4.56. The summed E-state index contributed by atoms with van der Waals surface area (Å²) in [5.41, 5.74) is 1.93. The second-order valence-corrected chi connectivity index (χ2v) is 8.10. The highest BCUT2D eigenvalue weighted by atomic mass is 32.2. The molecule has 1 N–H and O–H groups in total. The van der Waals surface area contributed by atoms with E-state index >= 15 is 0 Å². The SMILES string of the molecule is CCc1ccccc1NC(=O)CN1CCN(C(=O)CSc2ccc(F)cc2F)CC1. The molecule has 0 spiro atoms. The van der Waals surface area contributed by atoms with E-state index in [0.717, 1.165) is 35.5 Å². The largest absolute Gasteiger partial charge is 0.339 e. The summed E-state index contributed by atoms with van der Waals surface area (Å²) < 4.78 is 26.7. The number of aryl methyl sites for hydroxylation is 1. The fourth-order valence-corrected chi connectivity index (χ4v) is 4.14. The number of halogens is 2. The topological polar surface area (TPSA) is 52.7 Å². The monoisotopic (exact) mass is 433 g/mol. The second kappa shape index (κ2) is 10.5. The number of thioether (sulfide) groups is 1. The minimum absolute atomic E-state index is 0.0713. The predicted octanol–water partition coefficient (Wildman–Crippen LogP) is 3.40. The molecule has 30 heavy (non-hydrogen) atoms. The zero-order valence-electron chi connectivity index (χ0n) is 16.9. The van der Waals surface area contributed by atoms with Crippen LogP contribution in [0.2, 0.25) is 0 Å². The molecule has 1 aliphatic rings. The van der Waals surface area contributed by atoms with Crippen molar-refractivity contribution in [3.05, 3.63) is 59.7 Å². The molecule has 2 aromatic rings. The maximum Gasteiger partial charge on any atom is 0.238 e. The minimum Gasteiger partial charge on any atom is -0.339 e. The van der Waals surface area contributed by atoms with Gasteiger partial charge in [-0.15, -0.1) is 11.8 Å². The lowest BCUT2D eigenvalue weighted by atomic mass is 10.1. The van der Waals surface area contributed by atoms with Crippen molar-refractivity contribution < 1.29 is 18.4 Å². The normalized spacial score (nSPS) is 14.6. The number of carbonyl (C=O) groups is 2. The summed E-state index contributed by atoms with van der Waals surface area (Å²) in [7, 11) is 0. The first kappa shape index (κ1) is 22.2. The summed E-state index contributed by atoms with van der Waals surface area (Å²) in [5, 5.41) is 2.96. The molecule has 1 heterocycles. The van der Waals surface area contributed by atoms with Crippen LogP contribution in [0.25, 0.3) is 0 Å². The number of para-hydroxylation sites is 1. The lowest BCUT2D eigenvalue weighted by Gasteiger charge is -2.34. The number of hydrogen-bond acceptors (Lipinski definition) is 4. The highest BCUT2D eigenvalue weighted by Gasteiger charge is 2.23. The number of anilines is 1. The summed E-state index contributed by atoms with van der Waals surface area (Å²) in [4.78, 5) is 28.8. The maximum absolute atomic E-state index is 13.7. The third-order valence-electron chi connectivity index (χ3n) is 5.01. The van der Waals surface area contributed by atoms with Gasteiger partial charge in [-0.2, -0.15) is 0 Å². The van der Waals surface area contributed by atoms with E-state index in [0.29, 0.717) is 26.2 Å². The molecule has 0 atom stereocenters. The number of rotatable bonds is 7. The molecular formula is C22H25F2N3O2S. The highest BCUT2D eigenvalue weighted by Crippen LogP contribution is 2.23. The first-order valence-corrected chi connectivity index (χ1v) is 10.9. The number of benzene rings is 2. The molecule has 3 rings (SSSR count). The van der Waals surface area contributed by atoms with Crippen molar-refractivity contribution in [3.8, 4) is 0 Å². The van der Waals surface area contributed by atoms with E-state index in [1.807, 2.05) is 36.1 Å². The summed E-state index contributed by atoms with van der Waals surface area (Å²) in [6.07, 6.45) is 0.844. The average Bonchev–Trinajstić information content (AvgIpc) is 2.74. The zero-order chi connectivity index (χ0) is 21.5. The van der Waals surface area contributed by atoms with Gasteiger partial charge in [0.25, 0.3) is 0 Å². The lowest BCUT2D eigenvalue weighted by molar-refractivity contribution is -0.130. The van der Waals surface area contributed by atoms with Crippen LogP contribution in [0.3, 0.4) is 0 Å². The molecule has 2 aromatic carbocycles. The molecular weight excluding hydrogens is 408 g/mol. The summed E-state index contributed by atoms with van der Waals surface area (Å²) in [5.74, 6) is -1.37. The molecule has 5 nitrogen and oxygen atoms in total. The molecule has 0 aromatic heterocycles. The average molecular weight is 434 g/mol. The van der Waals surface area contributed by atoms with E-state index in [4.69, 9.17) is 0 Å². The Morgan fingerprint density at radius 2 is 1.80 bits per heavy atom. The molecule has 160 valence electrons. The van der Waals surface area contributed by atoms with Crippen LogP contribution in [0.1, 0.15) is 12.5 Å². The summed E-state index contributed by atoms with van der Waals surface area (Å²) >= 11 is 1.06. The van der Waals surface area contributed by atoms with Gasteiger partial charge in [0.1, 0.15) is 11.6 Å². The van der Waals surface area contributed by atoms with Crippen molar-refractivity contribution in [2.75, 3.05) is 43.8 Å². The van der Waals surface area contributed by atoms with Crippen LogP contribution in [0, 0.1) is 11.6 Å². The van der Waals surface area contributed by atoms with E-state index in [-0.39, 0.29) is 29.0 Å². The maximum atomic E-state index is 13.7. The van der Waals surface area contributed by atoms with Crippen molar-refractivity contribution in [1.82, 2.24) is 9.80 Å². The Morgan fingerprint density at radius 3 is 2.50 bits per heavy atom. The van der Waals surface area contributed by atoms with Gasteiger partial charge in [0.2, 0.25) is 11.8 Å². The Bertz CT molecular complexity index is 902. The van der Waals surface area contributed by atoms with Gasteiger partial charge >= 0.3 is 0 Å². The molecule has 0 radical (unpaired) electrons. The van der Waals surface area contributed by atoms with E-state index < -0.39 is 11.6 Å². The van der Waals surface area contributed by atoms with Crippen molar-refractivity contribution in [2.24, 2.45) is 0 Å². The van der Waals surface area contributed by atoms with Gasteiger partial charge < -0.3 is 10.2 Å². The summed E-state index contributed by atoms with van der Waals surface area (Å²) in [6, 6.07) is 11.1. The Kier molecular flexibility index (Phi) is 7.81. The van der Waals surface area contributed by atoms with E-state index in [2.05, 4.69) is 5.32 Å². The molecule has 2 amide bonds. The van der Waals surface area contributed by atoms with Crippen molar-refractivity contribution in [2.45, 2.75) is 18.2 Å². The Hall–Kier alpha value is -2.45. The minimum atomic E-state index is -0.659. The van der Waals surface area contributed by atoms with Gasteiger partial charge in [-0.05, 0) is 30.2 Å². The van der Waals surface area contributed by atoms with Crippen LogP contribution in [0.4, 0.5) is 14.5 Å². The fourth-order valence-electron chi connectivity index (χ4n) is 3.32. The Balaban J connectivity index is 1.42. The van der Waals surface area contributed by atoms with Gasteiger partial charge in [-0.3, -0.25) is 14.5 Å². The number of nitrogens with zero attached hydrogens (tertiary/aromatic N) is 2. The van der Waals surface area contributed by atoms with Crippen molar-refractivity contribution in [3.63, 3.8) is 0 Å². The second-order valence-electron chi connectivity index (χ2n) is 7.08. The van der Waals surface area contributed by atoms with Crippen LogP contribution >= 0.6 is 11.8 Å². The van der Waals surface area contributed by atoms with Crippen LogP contribution in [-0.4, -0.2) is 60.1 Å². The molecule has 0 bridgehead atoms. The third kappa shape index (κ3) is 6.03. The molecule has 0 unspecified atom stereocenters. The molecule has 1 fully saturated rings. The standard InChI is InChI=1S/C22H25F2N3O2S/c1-2-16-5-3-4-6-19(16)25-21(28)14-26-9-11-27(12-10-26)22(29)15-30-20-8-7-17(23)13-18(20)24/h3-8,13H,2,9-12,14-15H2,1H3,(H,25,28). The van der Waals surface area contributed by atoms with Gasteiger partial charge in [0.05, 0.1) is 12.3 Å². The van der Waals surface area contributed by atoms with Gasteiger partial charge in [0, 0.05) is 42.8 Å².